The SMILES string of the molecule is Cc1ccc(NS(=O)(=O)c2cccc(C(=O)NN=Cc3c(-c4ccccc4)n(-c4ccccc4)c4ccccc34)c2)c(C)c1. The van der Waals surface area contributed by atoms with Gasteiger partial charge in [-0.1, -0.05) is 90.5 Å². The van der Waals surface area contributed by atoms with E-state index in [1.54, 1.807) is 18.3 Å². The van der Waals surface area contributed by atoms with Crippen molar-refractivity contribution in [3.05, 3.63) is 150 Å². The van der Waals surface area contributed by atoms with Gasteiger partial charge in [0.15, 0.2) is 0 Å². The first-order chi connectivity index (χ1) is 21.3. The summed E-state index contributed by atoms with van der Waals surface area (Å²) in [5, 5.41) is 5.31. The lowest BCUT2D eigenvalue weighted by molar-refractivity contribution is 0.0955. The number of hydrogen-bond donors (Lipinski definition) is 2. The number of carbonyl (C=O) groups excluding carboxylic acids is 1. The smallest absolute Gasteiger partial charge is 0.271 e. The van der Waals surface area contributed by atoms with Crippen LogP contribution in [-0.4, -0.2) is 25.1 Å². The van der Waals surface area contributed by atoms with Gasteiger partial charge in [-0.05, 0) is 67.4 Å². The first kappa shape index (κ1) is 28.6. The number of nitrogens with zero attached hydrogens (tertiary/aromatic N) is 2. The second kappa shape index (κ2) is 12.0. The maximum Gasteiger partial charge on any atom is 0.271 e. The summed E-state index contributed by atoms with van der Waals surface area (Å²) >= 11 is 0. The maximum absolute atomic E-state index is 13.2. The summed E-state index contributed by atoms with van der Waals surface area (Å²) in [7, 11) is -3.92. The van der Waals surface area contributed by atoms with Crippen LogP contribution in [0.2, 0.25) is 0 Å². The molecule has 0 unspecified atom stereocenters. The predicted octanol–water partition coefficient (Wildman–Crippen LogP) is 7.48. The van der Waals surface area contributed by atoms with E-state index in [9.17, 15) is 13.2 Å². The molecule has 0 aliphatic heterocycles. The Hall–Kier alpha value is -5.47. The van der Waals surface area contributed by atoms with E-state index in [4.69, 9.17) is 0 Å². The van der Waals surface area contributed by atoms with E-state index in [2.05, 4.69) is 38.0 Å². The van der Waals surface area contributed by atoms with E-state index in [1.807, 2.05) is 92.7 Å². The van der Waals surface area contributed by atoms with Gasteiger partial charge < -0.3 is 4.57 Å². The fourth-order valence-corrected chi connectivity index (χ4v) is 6.45. The number of anilines is 1. The zero-order valence-corrected chi connectivity index (χ0v) is 25.0. The molecule has 8 heteroatoms. The lowest BCUT2D eigenvalue weighted by atomic mass is 10.1. The largest absolute Gasteiger partial charge is 0.309 e. The van der Waals surface area contributed by atoms with E-state index in [0.717, 1.165) is 44.5 Å². The third-order valence-corrected chi connectivity index (χ3v) is 8.73. The lowest BCUT2D eigenvalue weighted by Gasteiger charge is -2.12. The van der Waals surface area contributed by atoms with Crippen molar-refractivity contribution < 1.29 is 13.2 Å². The number of hydrogen-bond acceptors (Lipinski definition) is 4. The van der Waals surface area contributed by atoms with Crippen LogP contribution < -0.4 is 10.1 Å². The summed E-state index contributed by atoms with van der Waals surface area (Å²) in [6, 6.07) is 39.5. The predicted molar refractivity (Wildman–Crippen MR) is 177 cm³/mol. The van der Waals surface area contributed by atoms with Crippen LogP contribution in [0.1, 0.15) is 27.0 Å². The van der Waals surface area contributed by atoms with Crippen molar-refractivity contribution in [2.45, 2.75) is 18.7 Å². The molecule has 6 aromatic rings. The van der Waals surface area contributed by atoms with E-state index >= 15 is 0 Å². The molecular weight excluding hydrogens is 568 g/mol. The van der Waals surface area contributed by atoms with Crippen molar-refractivity contribution in [1.29, 1.82) is 0 Å². The lowest BCUT2D eigenvalue weighted by Crippen LogP contribution is -2.19. The second-order valence-corrected chi connectivity index (χ2v) is 12.1. The normalized spacial score (nSPS) is 11.6. The highest BCUT2D eigenvalue weighted by molar-refractivity contribution is 7.92. The van der Waals surface area contributed by atoms with E-state index in [1.165, 1.54) is 18.2 Å². The highest BCUT2D eigenvalue weighted by atomic mass is 32.2. The fraction of sp³-hybridized carbons (Fsp3) is 0.0556. The summed E-state index contributed by atoms with van der Waals surface area (Å²) in [6.45, 7) is 3.78. The minimum atomic E-state index is -3.92. The number of benzene rings is 5. The molecule has 44 heavy (non-hydrogen) atoms. The number of carbonyl (C=O) groups is 1. The molecule has 0 saturated carbocycles. The van der Waals surface area contributed by atoms with Crippen LogP contribution in [0.25, 0.3) is 27.8 Å². The number of hydrazone groups is 1. The third kappa shape index (κ3) is 5.75. The molecule has 0 atom stereocenters. The van der Waals surface area contributed by atoms with Crippen molar-refractivity contribution in [2.24, 2.45) is 5.10 Å². The first-order valence-electron chi connectivity index (χ1n) is 14.1. The Morgan fingerprint density at radius 2 is 1.48 bits per heavy atom. The fourth-order valence-electron chi connectivity index (χ4n) is 5.28. The molecular formula is C36H30N4O3S. The second-order valence-electron chi connectivity index (χ2n) is 10.5. The maximum atomic E-state index is 13.2. The van der Waals surface area contributed by atoms with Crippen LogP contribution in [0.15, 0.2) is 137 Å². The van der Waals surface area contributed by atoms with Crippen LogP contribution in [0.4, 0.5) is 5.69 Å². The Morgan fingerprint density at radius 3 is 2.23 bits per heavy atom. The summed E-state index contributed by atoms with van der Waals surface area (Å²) < 4.78 is 31.1. The molecule has 6 rings (SSSR count). The number of sulfonamides is 1. The molecule has 1 amide bonds. The van der Waals surface area contributed by atoms with E-state index < -0.39 is 15.9 Å². The molecule has 1 heterocycles. The highest BCUT2D eigenvalue weighted by Gasteiger charge is 2.20. The Morgan fingerprint density at radius 1 is 0.773 bits per heavy atom. The molecule has 0 spiro atoms. The number of nitrogens with one attached hydrogen (secondary N) is 2. The van der Waals surface area contributed by atoms with Gasteiger partial charge in [0.05, 0.1) is 28.0 Å². The number of para-hydroxylation sites is 2. The quantitative estimate of drug-likeness (QED) is 0.141. The van der Waals surface area contributed by atoms with Gasteiger partial charge >= 0.3 is 0 Å². The van der Waals surface area contributed by atoms with Crippen molar-refractivity contribution in [3.63, 3.8) is 0 Å². The minimum absolute atomic E-state index is 0.0219. The van der Waals surface area contributed by atoms with E-state index in [-0.39, 0.29) is 10.5 Å². The van der Waals surface area contributed by atoms with Crippen molar-refractivity contribution >= 4 is 38.7 Å². The number of aryl methyl sites for hydroxylation is 2. The van der Waals surface area contributed by atoms with Crippen molar-refractivity contribution in [2.75, 3.05) is 4.72 Å². The summed E-state index contributed by atoms with van der Waals surface area (Å²) in [5.41, 5.74) is 9.84. The standard InChI is InChI=1S/C36H30N4O3S/c1-25-20-21-33(26(2)22-25)39-44(42,43)30-17-11-14-28(23-30)36(41)38-37-24-32-31-18-9-10-19-34(31)40(29-15-7-4-8-16-29)35(32)27-12-5-3-6-13-27/h3-24,39H,1-2H3,(H,38,41). The highest BCUT2D eigenvalue weighted by Crippen LogP contribution is 2.35. The third-order valence-electron chi connectivity index (χ3n) is 7.37. The van der Waals surface area contributed by atoms with Gasteiger partial charge in [-0.25, -0.2) is 13.8 Å². The molecule has 2 N–H and O–H groups in total. The van der Waals surface area contributed by atoms with Gasteiger partial charge in [-0.3, -0.25) is 9.52 Å². The van der Waals surface area contributed by atoms with Crippen LogP contribution >= 0.6 is 0 Å². The molecule has 0 aliphatic rings. The van der Waals surface area contributed by atoms with Crippen LogP contribution in [0, 0.1) is 13.8 Å². The van der Waals surface area contributed by atoms with Crippen LogP contribution in [-0.2, 0) is 10.0 Å². The molecule has 218 valence electrons. The summed E-state index contributed by atoms with van der Waals surface area (Å²) in [6.07, 6.45) is 1.64. The number of rotatable bonds is 8. The molecule has 5 aromatic carbocycles. The molecule has 0 saturated heterocycles. The van der Waals surface area contributed by atoms with Gasteiger partial charge in [0.25, 0.3) is 15.9 Å². The van der Waals surface area contributed by atoms with Crippen molar-refractivity contribution in [3.8, 4) is 16.9 Å². The summed E-state index contributed by atoms with van der Waals surface area (Å²) in [4.78, 5) is 13.1. The Kier molecular flexibility index (Phi) is 7.83. The molecule has 0 aliphatic carbocycles. The van der Waals surface area contributed by atoms with Crippen molar-refractivity contribution in [1.82, 2.24) is 9.99 Å². The number of amides is 1. The monoisotopic (exact) mass is 598 g/mol. The number of aromatic nitrogens is 1. The van der Waals surface area contributed by atoms with Crippen LogP contribution in [0.5, 0.6) is 0 Å². The topological polar surface area (TPSA) is 92.6 Å². The zero-order chi connectivity index (χ0) is 30.7. The van der Waals surface area contributed by atoms with Crippen LogP contribution in [0.3, 0.4) is 0 Å². The average Bonchev–Trinajstić information content (AvgIpc) is 3.37. The minimum Gasteiger partial charge on any atom is -0.309 e. The Balaban J connectivity index is 1.32. The molecule has 7 nitrogen and oxygen atoms in total. The average molecular weight is 599 g/mol. The Bertz CT molecular complexity index is 2120. The van der Waals surface area contributed by atoms with Gasteiger partial charge in [0.1, 0.15) is 0 Å². The molecule has 0 bridgehead atoms. The Labute approximate surface area is 256 Å². The van der Waals surface area contributed by atoms with Gasteiger partial charge in [-0.2, -0.15) is 5.10 Å². The number of fused-ring (bicyclic) bond motifs is 1. The van der Waals surface area contributed by atoms with Gasteiger partial charge in [0, 0.05) is 22.2 Å². The van der Waals surface area contributed by atoms with E-state index in [0.29, 0.717) is 5.69 Å². The first-order valence-corrected chi connectivity index (χ1v) is 15.6. The van der Waals surface area contributed by atoms with Gasteiger partial charge in [-0.15, -0.1) is 0 Å². The molecule has 0 fully saturated rings. The zero-order valence-electron chi connectivity index (χ0n) is 24.2. The molecule has 1 aromatic heterocycles. The summed E-state index contributed by atoms with van der Waals surface area (Å²) in [5.74, 6) is -0.530. The molecule has 0 radical (unpaired) electrons. The van der Waals surface area contributed by atoms with Gasteiger partial charge in [0.2, 0.25) is 0 Å².